The molecule has 0 spiro atoms. The molecule has 0 aliphatic heterocycles. The molecule has 0 aliphatic carbocycles. The molecule has 0 unspecified atom stereocenters. The van der Waals surface area contributed by atoms with Gasteiger partial charge in [-0.05, 0) is 80.7 Å². The predicted molar refractivity (Wildman–Crippen MR) is 196 cm³/mol. The number of ether oxygens (including phenoxy) is 2. The highest BCUT2D eigenvalue weighted by atomic mass is 32.2. The van der Waals surface area contributed by atoms with Crippen LogP contribution in [0.1, 0.15) is 142 Å². The molecule has 2 aromatic rings. The minimum atomic E-state index is -0.208. The molecule has 2 N–H and O–H groups in total. The van der Waals surface area contributed by atoms with Gasteiger partial charge in [-0.2, -0.15) is 11.8 Å². The van der Waals surface area contributed by atoms with Gasteiger partial charge >= 0.3 is 11.9 Å². The van der Waals surface area contributed by atoms with Crippen LogP contribution in [-0.2, 0) is 53.6 Å². The number of phenolic OH excluding ortho intramolecular Hbond substituents is 2. The van der Waals surface area contributed by atoms with Crippen molar-refractivity contribution in [1.82, 2.24) is 0 Å². The molecule has 7 heteroatoms. The second kappa shape index (κ2) is 16.6. The zero-order chi connectivity index (χ0) is 35.8. The average Bonchev–Trinajstić information content (AvgIpc) is 2.91. The number of esters is 2. The van der Waals surface area contributed by atoms with Crippen LogP contribution < -0.4 is 0 Å². The second-order valence-corrected chi connectivity index (χ2v) is 18.1. The van der Waals surface area contributed by atoms with Gasteiger partial charge in [0.2, 0.25) is 0 Å². The van der Waals surface area contributed by atoms with Gasteiger partial charge < -0.3 is 19.7 Å². The molecule has 0 amide bonds. The molecule has 0 heterocycles. The van der Waals surface area contributed by atoms with Crippen LogP contribution in [0.2, 0.25) is 0 Å². The van der Waals surface area contributed by atoms with Crippen molar-refractivity contribution in [2.24, 2.45) is 0 Å². The van der Waals surface area contributed by atoms with E-state index in [9.17, 15) is 19.8 Å². The van der Waals surface area contributed by atoms with Gasteiger partial charge in [-0.25, -0.2) is 0 Å². The van der Waals surface area contributed by atoms with Crippen LogP contribution in [0, 0.1) is 0 Å². The number of hydrogen-bond acceptors (Lipinski definition) is 7. The molecule has 0 fully saturated rings. The first-order valence-corrected chi connectivity index (χ1v) is 18.3. The van der Waals surface area contributed by atoms with Crippen molar-refractivity contribution >= 4 is 23.7 Å². The zero-order valence-electron chi connectivity index (χ0n) is 31.3. The fourth-order valence-electron chi connectivity index (χ4n) is 5.51. The Morgan fingerprint density at radius 2 is 0.830 bits per heavy atom. The van der Waals surface area contributed by atoms with Gasteiger partial charge in [0.25, 0.3) is 0 Å². The number of phenols is 2. The number of aromatic hydroxyl groups is 2. The van der Waals surface area contributed by atoms with E-state index in [0.717, 1.165) is 46.2 Å². The maximum absolute atomic E-state index is 12.3. The van der Waals surface area contributed by atoms with Gasteiger partial charge in [-0.3, -0.25) is 9.59 Å². The third-order valence-corrected chi connectivity index (χ3v) is 9.16. The average molecular weight is 671 g/mol. The molecule has 2 rings (SSSR count). The van der Waals surface area contributed by atoms with E-state index in [0.29, 0.717) is 61.9 Å². The molecular formula is C40H62O6S. The Balaban J connectivity index is 1.68. The van der Waals surface area contributed by atoms with E-state index >= 15 is 0 Å². The van der Waals surface area contributed by atoms with Crippen LogP contribution in [-0.4, -0.2) is 46.9 Å². The summed E-state index contributed by atoms with van der Waals surface area (Å²) in [6.07, 6.45) is 3.54. The first-order valence-electron chi connectivity index (χ1n) is 17.1. The largest absolute Gasteiger partial charge is 0.507 e. The summed E-state index contributed by atoms with van der Waals surface area (Å²) < 4.78 is 10.8. The first-order chi connectivity index (χ1) is 21.5. The summed E-state index contributed by atoms with van der Waals surface area (Å²) in [6, 6.07) is 8.28. The number of carbonyl (C=O) groups is 2. The monoisotopic (exact) mass is 670 g/mol. The smallest absolute Gasteiger partial charge is 0.305 e. The van der Waals surface area contributed by atoms with E-state index in [4.69, 9.17) is 9.47 Å². The molecule has 264 valence electrons. The number of thioether (sulfide) groups is 1. The fourth-order valence-corrected chi connectivity index (χ4v) is 6.12. The number of rotatable bonds is 14. The summed E-state index contributed by atoms with van der Waals surface area (Å²) >= 11 is 1.59. The summed E-state index contributed by atoms with van der Waals surface area (Å²) in [5.74, 6) is 1.63. The Kier molecular flexibility index (Phi) is 14.3. The van der Waals surface area contributed by atoms with E-state index in [1.807, 2.05) is 0 Å². The van der Waals surface area contributed by atoms with Crippen LogP contribution in [0.15, 0.2) is 24.3 Å². The quantitative estimate of drug-likeness (QED) is 0.153. The van der Waals surface area contributed by atoms with Gasteiger partial charge in [-0.15, -0.1) is 0 Å². The second-order valence-electron chi connectivity index (χ2n) is 16.8. The number of hydrogen-bond donors (Lipinski definition) is 2. The van der Waals surface area contributed by atoms with Crippen molar-refractivity contribution in [2.75, 3.05) is 24.7 Å². The highest BCUT2D eigenvalue weighted by molar-refractivity contribution is 7.99. The zero-order valence-corrected chi connectivity index (χ0v) is 32.1. The van der Waals surface area contributed by atoms with E-state index < -0.39 is 0 Å². The van der Waals surface area contributed by atoms with Gasteiger partial charge in [0, 0.05) is 24.3 Å². The molecule has 0 bridgehead atoms. The lowest BCUT2D eigenvalue weighted by atomic mass is 9.78. The maximum Gasteiger partial charge on any atom is 0.305 e. The predicted octanol–water partition coefficient (Wildman–Crippen LogP) is 9.45. The van der Waals surface area contributed by atoms with Crippen LogP contribution in [0.25, 0.3) is 0 Å². The maximum atomic E-state index is 12.3. The number of carbonyl (C=O) groups excluding carboxylic acids is 2. The Morgan fingerprint density at radius 3 is 1.09 bits per heavy atom. The highest BCUT2D eigenvalue weighted by Gasteiger charge is 2.28. The molecule has 0 saturated heterocycles. The molecule has 0 atom stereocenters. The summed E-state index contributed by atoms with van der Waals surface area (Å²) in [6.45, 7) is 25.9. The minimum absolute atomic E-state index is 0.183. The van der Waals surface area contributed by atoms with Crippen molar-refractivity contribution in [3.05, 3.63) is 57.6 Å². The SMILES string of the molecule is CC(C)(C)c1cc(CCCC(=O)OCCSCCOC(=O)CCCc2cc(C(C)(C)C)c(O)c(C(C)(C)C)c2)cc(C(C)(C)C)c1O. The molecule has 0 radical (unpaired) electrons. The van der Waals surface area contributed by atoms with Gasteiger partial charge in [0.1, 0.15) is 24.7 Å². The fraction of sp³-hybridized carbons (Fsp3) is 0.650. The minimum Gasteiger partial charge on any atom is -0.507 e. The van der Waals surface area contributed by atoms with Crippen LogP contribution in [0.5, 0.6) is 11.5 Å². The van der Waals surface area contributed by atoms with E-state index in [2.05, 4.69) is 107 Å². The molecule has 0 aliphatic rings. The molecule has 0 aromatic heterocycles. The third-order valence-electron chi connectivity index (χ3n) is 8.25. The van der Waals surface area contributed by atoms with Gasteiger partial charge in [-0.1, -0.05) is 107 Å². The van der Waals surface area contributed by atoms with Crippen LogP contribution in [0.3, 0.4) is 0 Å². The standard InChI is InChI=1S/C40H62O6S/c1-37(2,3)29-23-27(24-30(35(29)43)38(4,5)6)15-13-17-33(41)45-19-21-47-22-20-46-34(42)18-14-16-28-25-31(39(7,8)9)36(44)32(26-28)40(10,11)12/h23-26,43-44H,13-22H2,1-12H3. The number of aryl methyl sites for hydroxylation is 2. The molecule has 47 heavy (non-hydrogen) atoms. The Hall–Kier alpha value is -2.67. The number of benzene rings is 2. The van der Waals surface area contributed by atoms with Crippen molar-refractivity contribution in [3.63, 3.8) is 0 Å². The van der Waals surface area contributed by atoms with Crippen molar-refractivity contribution in [2.45, 2.75) is 143 Å². The van der Waals surface area contributed by atoms with Crippen molar-refractivity contribution in [3.8, 4) is 11.5 Å². The summed E-state index contributed by atoms with van der Waals surface area (Å²) in [7, 11) is 0. The van der Waals surface area contributed by atoms with Crippen molar-refractivity contribution < 1.29 is 29.3 Å². The normalized spacial score (nSPS) is 12.7. The first kappa shape index (κ1) is 40.5. The summed E-state index contributed by atoms with van der Waals surface area (Å²) in [5.41, 5.74) is 5.25. The van der Waals surface area contributed by atoms with Gasteiger partial charge in [0.15, 0.2) is 0 Å². The molecular weight excluding hydrogens is 609 g/mol. The van der Waals surface area contributed by atoms with Crippen molar-refractivity contribution in [1.29, 1.82) is 0 Å². The summed E-state index contributed by atoms with van der Waals surface area (Å²) in [5, 5.41) is 21.9. The summed E-state index contributed by atoms with van der Waals surface area (Å²) in [4.78, 5) is 24.6. The topological polar surface area (TPSA) is 93.1 Å². The lowest BCUT2D eigenvalue weighted by molar-refractivity contribution is -0.143. The van der Waals surface area contributed by atoms with Crippen LogP contribution in [0.4, 0.5) is 0 Å². The molecule has 0 saturated carbocycles. The Labute approximate surface area is 289 Å². The Morgan fingerprint density at radius 1 is 0.553 bits per heavy atom. The highest BCUT2D eigenvalue weighted by Crippen LogP contribution is 2.41. The van der Waals surface area contributed by atoms with Gasteiger partial charge in [0.05, 0.1) is 0 Å². The van der Waals surface area contributed by atoms with Crippen LogP contribution >= 0.6 is 11.8 Å². The lowest BCUT2D eigenvalue weighted by Gasteiger charge is -2.28. The van der Waals surface area contributed by atoms with E-state index in [-0.39, 0.29) is 33.6 Å². The third kappa shape index (κ3) is 13.0. The lowest BCUT2D eigenvalue weighted by Crippen LogP contribution is -2.18. The Bertz CT molecular complexity index is 1180. The molecule has 2 aromatic carbocycles. The van der Waals surface area contributed by atoms with E-state index in [1.165, 1.54) is 0 Å². The molecule has 6 nitrogen and oxygen atoms in total. The van der Waals surface area contributed by atoms with E-state index in [1.54, 1.807) is 11.8 Å².